The van der Waals surface area contributed by atoms with E-state index < -0.39 is 14.9 Å². The molecule has 162 valence electrons. The summed E-state index contributed by atoms with van der Waals surface area (Å²) in [6, 6.07) is 14.3. The number of non-ortho nitro benzene ring substituents is 1. The van der Waals surface area contributed by atoms with Gasteiger partial charge in [0.1, 0.15) is 0 Å². The van der Waals surface area contributed by atoms with Gasteiger partial charge in [0.15, 0.2) is 0 Å². The van der Waals surface area contributed by atoms with Crippen LogP contribution in [0, 0.1) is 10.1 Å². The summed E-state index contributed by atoms with van der Waals surface area (Å²) < 4.78 is 32.6. The van der Waals surface area contributed by atoms with Gasteiger partial charge in [0.2, 0.25) is 21.7 Å². The molecule has 10 nitrogen and oxygen atoms in total. The number of sulfonamides is 1. The molecule has 0 saturated carbocycles. The lowest BCUT2D eigenvalue weighted by molar-refractivity contribution is -0.384. The SMILES string of the molecule is CC(c1nc(-c2ccccc2)no1)N1CCN(S(=O)(=O)c2ccc([N+](=O)[O-])cc2)CC1. The van der Waals surface area contributed by atoms with Crippen LogP contribution in [0.1, 0.15) is 18.9 Å². The Balaban J connectivity index is 1.41. The standard InChI is InChI=1S/C20H21N5O5S/c1-15(20-21-19(22-30-20)16-5-3-2-4-6-16)23-11-13-24(14-12-23)31(28,29)18-9-7-17(8-10-18)25(26)27/h2-10,15H,11-14H2,1H3. The van der Waals surface area contributed by atoms with Gasteiger partial charge in [-0.25, -0.2) is 8.42 Å². The van der Waals surface area contributed by atoms with Crippen molar-refractivity contribution in [3.05, 3.63) is 70.6 Å². The monoisotopic (exact) mass is 443 g/mol. The maximum Gasteiger partial charge on any atom is 0.269 e. The van der Waals surface area contributed by atoms with Crippen molar-refractivity contribution in [3.8, 4) is 11.4 Å². The van der Waals surface area contributed by atoms with E-state index in [2.05, 4.69) is 15.0 Å². The van der Waals surface area contributed by atoms with E-state index in [-0.39, 0.29) is 16.6 Å². The molecule has 1 saturated heterocycles. The fraction of sp³-hybridized carbons (Fsp3) is 0.300. The first-order valence-electron chi connectivity index (χ1n) is 9.74. The van der Waals surface area contributed by atoms with Crippen molar-refractivity contribution >= 4 is 15.7 Å². The number of nitrogens with zero attached hydrogens (tertiary/aromatic N) is 5. The third kappa shape index (κ3) is 4.33. The van der Waals surface area contributed by atoms with Crippen molar-refractivity contribution in [2.24, 2.45) is 0 Å². The zero-order chi connectivity index (χ0) is 22.0. The van der Waals surface area contributed by atoms with Gasteiger partial charge in [0.25, 0.3) is 5.69 Å². The minimum absolute atomic E-state index is 0.0454. The number of nitro benzene ring substituents is 1. The van der Waals surface area contributed by atoms with E-state index in [1.165, 1.54) is 28.6 Å². The van der Waals surface area contributed by atoms with Crippen molar-refractivity contribution in [2.45, 2.75) is 17.9 Å². The quantitative estimate of drug-likeness (QED) is 0.421. The van der Waals surface area contributed by atoms with Crippen LogP contribution in [0.4, 0.5) is 5.69 Å². The highest BCUT2D eigenvalue weighted by Gasteiger charge is 2.32. The lowest BCUT2D eigenvalue weighted by atomic mass is 10.2. The fourth-order valence-corrected chi connectivity index (χ4v) is 4.91. The van der Waals surface area contributed by atoms with Crippen LogP contribution < -0.4 is 0 Å². The summed E-state index contributed by atoms with van der Waals surface area (Å²) in [7, 11) is -3.72. The Bertz CT molecular complexity index is 1160. The Hall–Kier alpha value is -3.15. The molecule has 2 heterocycles. The van der Waals surface area contributed by atoms with Crippen molar-refractivity contribution < 1.29 is 17.9 Å². The smallest absolute Gasteiger partial charge is 0.269 e. The molecule has 0 amide bonds. The van der Waals surface area contributed by atoms with E-state index in [1.54, 1.807) is 0 Å². The summed E-state index contributed by atoms with van der Waals surface area (Å²) in [5.41, 5.74) is 0.718. The molecule has 1 aromatic heterocycles. The zero-order valence-electron chi connectivity index (χ0n) is 16.8. The van der Waals surface area contributed by atoms with E-state index in [4.69, 9.17) is 4.52 Å². The van der Waals surface area contributed by atoms with Crippen molar-refractivity contribution in [3.63, 3.8) is 0 Å². The predicted molar refractivity (Wildman–Crippen MR) is 112 cm³/mol. The molecule has 3 aromatic rings. The van der Waals surface area contributed by atoms with E-state index in [0.717, 1.165) is 5.56 Å². The van der Waals surface area contributed by atoms with E-state index in [1.807, 2.05) is 37.3 Å². The topological polar surface area (TPSA) is 123 Å². The van der Waals surface area contributed by atoms with Gasteiger partial charge in [0.05, 0.1) is 15.9 Å². The highest BCUT2D eigenvalue weighted by Crippen LogP contribution is 2.26. The average molecular weight is 443 g/mol. The number of hydrogen-bond acceptors (Lipinski definition) is 8. The van der Waals surface area contributed by atoms with Crippen LogP contribution in [-0.2, 0) is 10.0 Å². The molecule has 1 aliphatic heterocycles. The Morgan fingerprint density at radius 3 is 2.29 bits per heavy atom. The highest BCUT2D eigenvalue weighted by atomic mass is 32.2. The first-order valence-corrected chi connectivity index (χ1v) is 11.2. The summed E-state index contributed by atoms with van der Waals surface area (Å²) in [5.74, 6) is 0.993. The number of hydrogen-bond donors (Lipinski definition) is 0. The Labute approximate surface area is 179 Å². The van der Waals surface area contributed by atoms with Crippen LogP contribution in [0.5, 0.6) is 0 Å². The van der Waals surface area contributed by atoms with Crippen LogP contribution in [0.25, 0.3) is 11.4 Å². The summed E-state index contributed by atoms with van der Waals surface area (Å²) in [4.78, 5) is 16.8. The maximum atomic E-state index is 12.9. The number of nitro groups is 1. The van der Waals surface area contributed by atoms with Gasteiger partial charge in [-0.3, -0.25) is 15.0 Å². The third-order valence-electron chi connectivity index (χ3n) is 5.34. The number of benzene rings is 2. The first-order chi connectivity index (χ1) is 14.9. The highest BCUT2D eigenvalue weighted by molar-refractivity contribution is 7.89. The molecule has 1 aliphatic rings. The number of piperazine rings is 1. The molecule has 1 unspecified atom stereocenters. The minimum atomic E-state index is -3.72. The zero-order valence-corrected chi connectivity index (χ0v) is 17.6. The molecule has 0 N–H and O–H groups in total. The molecule has 31 heavy (non-hydrogen) atoms. The number of aromatic nitrogens is 2. The van der Waals surface area contributed by atoms with Crippen LogP contribution in [0.15, 0.2) is 64.0 Å². The molecular weight excluding hydrogens is 422 g/mol. The van der Waals surface area contributed by atoms with Gasteiger partial charge < -0.3 is 4.52 Å². The van der Waals surface area contributed by atoms with Crippen molar-refractivity contribution in [1.82, 2.24) is 19.3 Å². The summed E-state index contributed by atoms with van der Waals surface area (Å²) >= 11 is 0. The van der Waals surface area contributed by atoms with Crippen LogP contribution in [0.3, 0.4) is 0 Å². The molecular formula is C20H21N5O5S. The summed E-state index contributed by atoms with van der Waals surface area (Å²) in [6.45, 7) is 3.53. The molecule has 11 heteroatoms. The molecule has 1 fully saturated rings. The van der Waals surface area contributed by atoms with Crippen LogP contribution in [0.2, 0.25) is 0 Å². The second-order valence-electron chi connectivity index (χ2n) is 7.19. The average Bonchev–Trinajstić information content (AvgIpc) is 3.30. The Morgan fingerprint density at radius 2 is 1.68 bits per heavy atom. The van der Waals surface area contributed by atoms with E-state index in [0.29, 0.717) is 37.9 Å². The Morgan fingerprint density at radius 1 is 1.03 bits per heavy atom. The lowest BCUT2D eigenvalue weighted by Crippen LogP contribution is -2.49. The lowest BCUT2D eigenvalue weighted by Gasteiger charge is -2.36. The van der Waals surface area contributed by atoms with Gasteiger partial charge in [-0.2, -0.15) is 9.29 Å². The summed E-state index contributed by atoms with van der Waals surface area (Å²) in [5, 5.41) is 14.8. The molecule has 0 radical (unpaired) electrons. The predicted octanol–water partition coefficient (Wildman–Crippen LogP) is 2.71. The van der Waals surface area contributed by atoms with Gasteiger partial charge in [0, 0.05) is 43.9 Å². The third-order valence-corrected chi connectivity index (χ3v) is 7.25. The van der Waals surface area contributed by atoms with Gasteiger partial charge in [-0.05, 0) is 19.1 Å². The fourth-order valence-electron chi connectivity index (χ4n) is 3.49. The van der Waals surface area contributed by atoms with Gasteiger partial charge >= 0.3 is 0 Å². The van der Waals surface area contributed by atoms with E-state index in [9.17, 15) is 18.5 Å². The van der Waals surface area contributed by atoms with Gasteiger partial charge in [-0.15, -0.1) is 0 Å². The second kappa shape index (κ2) is 8.53. The Kier molecular flexibility index (Phi) is 5.81. The van der Waals surface area contributed by atoms with E-state index >= 15 is 0 Å². The number of rotatable bonds is 6. The first kappa shape index (κ1) is 21.1. The van der Waals surface area contributed by atoms with Crippen LogP contribution in [-0.4, -0.2) is 58.9 Å². The molecule has 2 aromatic carbocycles. The summed E-state index contributed by atoms with van der Waals surface area (Å²) in [6.07, 6.45) is 0. The molecule has 0 aliphatic carbocycles. The second-order valence-corrected chi connectivity index (χ2v) is 9.13. The largest absolute Gasteiger partial charge is 0.337 e. The van der Waals surface area contributed by atoms with Crippen molar-refractivity contribution in [1.29, 1.82) is 0 Å². The molecule has 0 spiro atoms. The molecule has 0 bridgehead atoms. The molecule has 1 atom stereocenters. The van der Waals surface area contributed by atoms with Gasteiger partial charge in [-0.1, -0.05) is 35.5 Å². The van der Waals surface area contributed by atoms with Crippen molar-refractivity contribution in [2.75, 3.05) is 26.2 Å². The normalized spacial score (nSPS) is 16.8. The maximum absolute atomic E-state index is 12.9. The minimum Gasteiger partial charge on any atom is -0.337 e. The van der Waals surface area contributed by atoms with Crippen LogP contribution >= 0.6 is 0 Å². The molecule has 4 rings (SSSR count).